The quantitative estimate of drug-likeness (QED) is 0.103. The molecule has 0 radical (unpaired) electrons. The number of aromatic nitrogens is 2. The molecule has 5 rings (SSSR count). The minimum absolute atomic E-state index is 0.106. The Balaban J connectivity index is 1.34. The predicted octanol–water partition coefficient (Wildman–Crippen LogP) is 7.30. The number of rotatable bonds is 13. The van der Waals surface area contributed by atoms with Crippen molar-refractivity contribution in [3.63, 3.8) is 0 Å². The van der Waals surface area contributed by atoms with Crippen LogP contribution in [-0.2, 0) is 18.0 Å². The second-order valence-corrected chi connectivity index (χ2v) is 11.4. The van der Waals surface area contributed by atoms with Gasteiger partial charge in [0.05, 0.1) is 22.8 Å². The molecule has 1 amide bonds. The van der Waals surface area contributed by atoms with Gasteiger partial charge < -0.3 is 19.5 Å². The highest BCUT2D eigenvalue weighted by Gasteiger charge is 2.16. The molecule has 5 aromatic rings. The normalized spacial score (nSPS) is 10.6. The second-order valence-electron chi connectivity index (χ2n) is 11.0. The summed E-state index contributed by atoms with van der Waals surface area (Å²) in [4.78, 5) is 32.6. The fraction of sp³-hybridized carbons (Fsp3) is 0.184. The number of nitrogens with one attached hydrogen (secondary N) is 1. The van der Waals surface area contributed by atoms with E-state index < -0.39 is 0 Å². The number of methoxy groups -OCH3 is 1. The smallest absolute Gasteiger partial charge is 0.269 e. The minimum atomic E-state index is -0.247. The van der Waals surface area contributed by atoms with Gasteiger partial charge in [0.2, 0.25) is 0 Å². The molecule has 1 N–H and O–H groups in total. The van der Waals surface area contributed by atoms with E-state index in [0.29, 0.717) is 47.8 Å². The van der Waals surface area contributed by atoms with Crippen LogP contribution in [0.4, 0.5) is 0 Å². The van der Waals surface area contributed by atoms with E-state index in [9.17, 15) is 9.59 Å². The molecular weight excluding hydrogens is 628 g/mol. The van der Waals surface area contributed by atoms with Gasteiger partial charge in [0.15, 0.2) is 6.29 Å². The molecule has 2 heterocycles. The second kappa shape index (κ2) is 15.8. The summed E-state index contributed by atoms with van der Waals surface area (Å²) in [6, 6.07) is 22.6. The number of hydrogen-bond acceptors (Lipinski definition) is 8. The molecule has 0 aliphatic heterocycles. The molecule has 0 saturated heterocycles. The molecular formula is C38H33ClN4O5. The van der Waals surface area contributed by atoms with E-state index in [4.69, 9.17) is 31.1 Å². The maximum atomic E-state index is 12.4. The average molecular weight is 661 g/mol. The van der Waals surface area contributed by atoms with E-state index >= 15 is 0 Å². The van der Waals surface area contributed by atoms with Gasteiger partial charge in [0.25, 0.3) is 5.91 Å². The summed E-state index contributed by atoms with van der Waals surface area (Å²) in [5.41, 5.74) is 8.82. The Bertz CT molecular complexity index is 1990. The summed E-state index contributed by atoms with van der Waals surface area (Å²) in [6.07, 6.45) is 5.45. The summed E-state index contributed by atoms with van der Waals surface area (Å²) in [6.45, 7) is 5.30. The molecule has 2 aromatic heterocycles. The molecule has 242 valence electrons. The first-order chi connectivity index (χ1) is 23.3. The third kappa shape index (κ3) is 7.86. The van der Waals surface area contributed by atoms with Gasteiger partial charge in [-0.25, -0.2) is 0 Å². The fourth-order valence-electron chi connectivity index (χ4n) is 5.24. The summed E-state index contributed by atoms with van der Waals surface area (Å²) in [7, 11) is 1.58. The lowest BCUT2D eigenvalue weighted by atomic mass is 9.90. The third-order valence-corrected chi connectivity index (χ3v) is 8.16. The van der Waals surface area contributed by atoms with Crippen LogP contribution in [0.3, 0.4) is 0 Å². The first-order valence-corrected chi connectivity index (χ1v) is 15.5. The molecule has 0 atom stereocenters. The maximum absolute atomic E-state index is 12.4. The van der Waals surface area contributed by atoms with Gasteiger partial charge in [0, 0.05) is 49.4 Å². The zero-order valence-corrected chi connectivity index (χ0v) is 27.5. The van der Waals surface area contributed by atoms with Gasteiger partial charge in [0.1, 0.15) is 36.5 Å². The molecule has 0 aliphatic carbocycles. The summed E-state index contributed by atoms with van der Waals surface area (Å²) >= 11 is 6.50. The van der Waals surface area contributed by atoms with Crippen molar-refractivity contribution in [2.24, 2.45) is 0 Å². The zero-order valence-electron chi connectivity index (χ0n) is 26.7. The SMILES string of the molecule is COCCNC(=O)c1ccc(-c2cccc(-c3cccc(COc4cc(OCc5cncc(C#N)c5)c(C=O)cc4Cl)c3C)c2C)cn1. The molecule has 48 heavy (non-hydrogen) atoms. The lowest BCUT2D eigenvalue weighted by Gasteiger charge is -2.17. The Morgan fingerprint density at radius 1 is 0.917 bits per heavy atom. The van der Waals surface area contributed by atoms with Crippen LogP contribution >= 0.6 is 11.6 Å². The average Bonchev–Trinajstić information content (AvgIpc) is 3.11. The maximum Gasteiger partial charge on any atom is 0.269 e. The van der Waals surface area contributed by atoms with Crippen molar-refractivity contribution in [1.29, 1.82) is 5.26 Å². The number of nitriles is 1. The highest BCUT2D eigenvalue weighted by molar-refractivity contribution is 6.32. The van der Waals surface area contributed by atoms with Crippen LogP contribution in [0.25, 0.3) is 22.3 Å². The largest absolute Gasteiger partial charge is 0.488 e. The van der Waals surface area contributed by atoms with E-state index in [1.54, 1.807) is 37.7 Å². The molecule has 0 unspecified atom stereocenters. The number of aldehydes is 1. The van der Waals surface area contributed by atoms with Gasteiger partial charge in [-0.1, -0.05) is 54.1 Å². The van der Waals surface area contributed by atoms with Crippen LogP contribution in [0.2, 0.25) is 5.02 Å². The predicted molar refractivity (Wildman–Crippen MR) is 183 cm³/mol. The highest BCUT2D eigenvalue weighted by Crippen LogP contribution is 2.36. The van der Waals surface area contributed by atoms with E-state index in [1.165, 1.54) is 12.3 Å². The lowest BCUT2D eigenvalue weighted by molar-refractivity contribution is 0.0932. The Morgan fingerprint density at radius 2 is 1.67 bits per heavy atom. The Labute approximate surface area is 284 Å². The number of carbonyl (C=O) groups excluding carboxylic acids is 2. The number of carbonyl (C=O) groups is 2. The van der Waals surface area contributed by atoms with Crippen molar-refractivity contribution in [2.45, 2.75) is 27.1 Å². The van der Waals surface area contributed by atoms with E-state index in [2.05, 4.69) is 40.4 Å². The molecule has 3 aromatic carbocycles. The first kappa shape index (κ1) is 33.8. The van der Waals surface area contributed by atoms with Crippen LogP contribution in [0.5, 0.6) is 11.5 Å². The van der Waals surface area contributed by atoms with Gasteiger partial charge >= 0.3 is 0 Å². The standard InChI is InChI=1S/C38H33ClN4O5/c1-24-29(23-48-37-16-36(30(21-44)15-34(37)39)47-22-27-14-26(17-40)18-41-19-27)6-4-8-32(24)33-9-5-7-31(25(33)2)28-10-11-35(43-20-28)38(45)42-12-13-46-3/h4-11,14-16,18-21H,12-13,22-23H2,1-3H3,(H,42,45). The summed E-state index contributed by atoms with van der Waals surface area (Å²) in [5, 5.41) is 12.2. The molecule has 0 fully saturated rings. The first-order valence-electron chi connectivity index (χ1n) is 15.1. The number of hydrogen-bond donors (Lipinski definition) is 1. The number of halogens is 1. The van der Waals surface area contributed by atoms with Gasteiger partial charge in [-0.05, 0) is 65.4 Å². The molecule has 0 aliphatic rings. The van der Waals surface area contributed by atoms with Crippen molar-refractivity contribution >= 4 is 23.8 Å². The highest BCUT2D eigenvalue weighted by atomic mass is 35.5. The topological polar surface area (TPSA) is 123 Å². The summed E-state index contributed by atoms with van der Waals surface area (Å²) in [5.74, 6) is 0.426. The third-order valence-electron chi connectivity index (χ3n) is 7.86. The van der Waals surface area contributed by atoms with Crippen molar-refractivity contribution < 1.29 is 23.8 Å². The monoisotopic (exact) mass is 660 g/mol. The van der Waals surface area contributed by atoms with Crippen LogP contribution in [0, 0.1) is 25.2 Å². The molecule has 0 spiro atoms. The molecule has 0 bridgehead atoms. The van der Waals surface area contributed by atoms with Crippen LogP contribution in [0.1, 0.15) is 48.7 Å². The Morgan fingerprint density at radius 3 is 2.40 bits per heavy atom. The zero-order chi connectivity index (χ0) is 34.0. The summed E-state index contributed by atoms with van der Waals surface area (Å²) < 4.78 is 17.1. The van der Waals surface area contributed by atoms with Gasteiger partial charge in [-0.15, -0.1) is 0 Å². The number of ether oxygens (including phenoxy) is 3. The van der Waals surface area contributed by atoms with Crippen molar-refractivity contribution in [3.05, 3.63) is 129 Å². The number of pyridine rings is 2. The number of nitrogens with zero attached hydrogens (tertiary/aromatic N) is 3. The van der Waals surface area contributed by atoms with E-state index in [1.807, 2.05) is 37.3 Å². The van der Waals surface area contributed by atoms with Crippen LogP contribution in [0.15, 0.2) is 85.3 Å². The van der Waals surface area contributed by atoms with Crippen LogP contribution < -0.4 is 14.8 Å². The number of benzene rings is 3. The van der Waals surface area contributed by atoms with Crippen molar-refractivity contribution in [3.8, 4) is 39.8 Å². The fourth-order valence-corrected chi connectivity index (χ4v) is 5.47. The van der Waals surface area contributed by atoms with Crippen LogP contribution in [-0.4, -0.2) is 42.4 Å². The molecule has 10 heteroatoms. The molecule has 9 nitrogen and oxygen atoms in total. The Kier molecular flexibility index (Phi) is 11.1. The number of amides is 1. The molecule has 0 saturated carbocycles. The Hall–Kier alpha value is -5.56. The van der Waals surface area contributed by atoms with Gasteiger partial charge in [-0.2, -0.15) is 5.26 Å². The van der Waals surface area contributed by atoms with Crippen molar-refractivity contribution in [2.75, 3.05) is 20.3 Å². The van der Waals surface area contributed by atoms with E-state index in [-0.39, 0.29) is 29.7 Å². The van der Waals surface area contributed by atoms with Gasteiger partial charge in [-0.3, -0.25) is 19.6 Å². The van der Waals surface area contributed by atoms with Crippen molar-refractivity contribution in [1.82, 2.24) is 15.3 Å². The minimum Gasteiger partial charge on any atom is -0.488 e. The lowest BCUT2D eigenvalue weighted by Crippen LogP contribution is -2.27. The van der Waals surface area contributed by atoms with E-state index in [0.717, 1.165) is 38.9 Å².